The SMILES string of the molecule is CCC1(c2ccco2)CC(Cl)CCO1. The lowest BCUT2D eigenvalue weighted by atomic mass is 9.88. The lowest BCUT2D eigenvalue weighted by molar-refractivity contribution is -0.0976. The van der Waals surface area contributed by atoms with Gasteiger partial charge >= 0.3 is 0 Å². The second-order valence-corrected chi connectivity index (χ2v) is 4.38. The highest BCUT2D eigenvalue weighted by Crippen LogP contribution is 2.39. The Morgan fingerprint density at radius 1 is 1.64 bits per heavy atom. The fourth-order valence-electron chi connectivity index (χ4n) is 2.03. The van der Waals surface area contributed by atoms with Crippen molar-refractivity contribution in [2.45, 2.75) is 37.2 Å². The van der Waals surface area contributed by atoms with Gasteiger partial charge in [-0.3, -0.25) is 0 Å². The summed E-state index contributed by atoms with van der Waals surface area (Å²) in [5.74, 6) is 0.908. The summed E-state index contributed by atoms with van der Waals surface area (Å²) in [5, 5.41) is 0.203. The van der Waals surface area contributed by atoms with Crippen molar-refractivity contribution >= 4 is 11.6 Å². The predicted octanol–water partition coefficient (Wildman–Crippen LogP) is 3.30. The molecule has 2 unspecified atom stereocenters. The summed E-state index contributed by atoms with van der Waals surface area (Å²) in [6, 6.07) is 3.87. The molecule has 0 N–H and O–H groups in total. The van der Waals surface area contributed by atoms with Gasteiger partial charge < -0.3 is 9.15 Å². The van der Waals surface area contributed by atoms with E-state index in [1.165, 1.54) is 0 Å². The molecule has 14 heavy (non-hydrogen) atoms. The average Bonchev–Trinajstić information content (AvgIpc) is 2.71. The van der Waals surface area contributed by atoms with E-state index in [2.05, 4.69) is 6.92 Å². The summed E-state index contributed by atoms with van der Waals surface area (Å²) in [7, 11) is 0. The van der Waals surface area contributed by atoms with E-state index in [4.69, 9.17) is 20.8 Å². The summed E-state index contributed by atoms with van der Waals surface area (Å²) in [6.45, 7) is 2.83. The van der Waals surface area contributed by atoms with Crippen LogP contribution >= 0.6 is 11.6 Å². The van der Waals surface area contributed by atoms with Crippen LogP contribution in [0.15, 0.2) is 22.8 Å². The zero-order chi connectivity index (χ0) is 10.0. The number of hydrogen-bond donors (Lipinski definition) is 0. The van der Waals surface area contributed by atoms with Crippen molar-refractivity contribution in [2.75, 3.05) is 6.61 Å². The molecule has 0 aromatic carbocycles. The van der Waals surface area contributed by atoms with Crippen molar-refractivity contribution in [3.63, 3.8) is 0 Å². The zero-order valence-electron chi connectivity index (χ0n) is 8.33. The maximum absolute atomic E-state index is 6.17. The molecule has 2 heterocycles. The van der Waals surface area contributed by atoms with Crippen molar-refractivity contribution in [2.24, 2.45) is 0 Å². The van der Waals surface area contributed by atoms with Crippen molar-refractivity contribution < 1.29 is 9.15 Å². The molecule has 1 fully saturated rings. The maximum atomic E-state index is 6.17. The first-order valence-electron chi connectivity index (χ1n) is 5.09. The Morgan fingerprint density at radius 3 is 3.07 bits per heavy atom. The van der Waals surface area contributed by atoms with Crippen LogP contribution in [0.5, 0.6) is 0 Å². The van der Waals surface area contributed by atoms with Crippen molar-refractivity contribution in [1.82, 2.24) is 0 Å². The molecule has 1 aliphatic heterocycles. The highest BCUT2D eigenvalue weighted by atomic mass is 35.5. The third kappa shape index (κ3) is 1.69. The van der Waals surface area contributed by atoms with Crippen LogP contribution in [0.25, 0.3) is 0 Å². The number of ether oxygens (including phenoxy) is 1. The highest BCUT2D eigenvalue weighted by molar-refractivity contribution is 6.20. The number of hydrogen-bond acceptors (Lipinski definition) is 2. The Kier molecular flexibility index (Phi) is 2.84. The van der Waals surface area contributed by atoms with Gasteiger partial charge in [-0.05, 0) is 25.0 Å². The Bertz CT molecular complexity index is 283. The molecule has 1 saturated heterocycles. The van der Waals surface area contributed by atoms with E-state index in [1.807, 2.05) is 12.1 Å². The van der Waals surface area contributed by atoms with Gasteiger partial charge in [-0.2, -0.15) is 0 Å². The maximum Gasteiger partial charge on any atom is 0.135 e. The van der Waals surface area contributed by atoms with E-state index in [9.17, 15) is 0 Å². The molecule has 0 bridgehead atoms. The lowest BCUT2D eigenvalue weighted by Gasteiger charge is -2.36. The molecule has 0 spiro atoms. The number of alkyl halides is 1. The normalized spacial score (nSPS) is 33.1. The van der Waals surface area contributed by atoms with E-state index in [-0.39, 0.29) is 11.0 Å². The van der Waals surface area contributed by atoms with Gasteiger partial charge in [0.05, 0.1) is 6.26 Å². The largest absolute Gasteiger partial charge is 0.466 e. The van der Waals surface area contributed by atoms with Gasteiger partial charge in [0, 0.05) is 18.4 Å². The smallest absolute Gasteiger partial charge is 0.135 e. The second-order valence-electron chi connectivity index (χ2n) is 3.76. The van der Waals surface area contributed by atoms with Crippen LogP contribution in [0.1, 0.15) is 31.9 Å². The minimum Gasteiger partial charge on any atom is -0.466 e. The van der Waals surface area contributed by atoms with E-state index in [0.717, 1.165) is 31.6 Å². The van der Waals surface area contributed by atoms with Crippen LogP contribution in [0.4, 0.5) is 0 Å². The monoisotopic (exact) mass is 214 g/mol. The molecule has 1 aromatic heterocycles. The van der Waals surface area contributed by atoms with Gasteiger partial charge in [0.1, 0.15) is 11.4 Å². The average molecular weight is 215 g/mol. The molecule has 2 atom stereocenters. The quantitative estimate of drug-likeness (QED) is 0.705. The Labute approximate surface area is 89.2 Å². The molecule has 0 aliphatic carbocycles. The molecular weight excluding hydrogens is 200 g/mol. The third-order valence-corrected chi connectivity index (χ3v) is 3.27. The lowest BCUT2D eigenvalue weighted by Crippen LogP contribution is -2.37. The van der Waals surface area contributed by atoms with Gasteiger partial charge in [0.25, 0.3) is 0 Å². The molecule has 2 nitrogen and oxygen atoms in total. The van der Waals surface area contributed by atoms with Gasteiger partial charge in [-0.15, -0.1) is 11.6 Å². The molecule has 1 aromatic rings. The first-order valence-corrected chi connectivity index (χ1v) is 5.52. The van der Waals surface area contributed by atoms with E-state index < -0.39 is 0 Å². The Hall–Kier alpha value is -0.470. The van der Waals surface area contributed by atoms with Crippen LogP contribution < -0.4 is 0 Å². The van der Waals surface area contributed by atoms with Crippen molar-refractivity contribution in [1.29, 1.82) is 0 Å². The van der Waals surface area contributed by atoms with Gasteiger partial charge in [0.15, 0.2) is 0 Å². The molecule has 1 aliphatic rings. The fourth-order valence-corrected chi connectivity index (χ4v) is 2.37. The van der Waals surface area contributed by atoms with E-state index >= 15 is 0 Å². The fraction of sp³-hybridized carbons (Fsp3) is 0.636. The molecule has 78 valence electrons. The van der Waals surface area contributed by atoms with Crippen molar-refractivity contribution in [3.05, 3.63) is 24.2 Å². The van der Waals surface area contributed by atoms with E-state index in [0.29, 0.717) is 0 Å². The molecular formula is C11H15ClO2. The summed E-state index contributed by atoms with van der Waals surface area (Å²) >= 11 is 6.17. The zero-order valence-corrected chi connectivity index (χ0v) is 9.09. The standard InChI is InChI=1S/C11H15ClO2/c1-2-11(10-4-3-6-13-10)8-9(12)5-7-14-11/h3-4,6,9H,2,5,7-8H2,1H3. The third-order valence-electron chi connectivity index (χ3n) is 2.90. The Morgan fingerprint density at radius 2 is 2.50 bits per heavy atom. The molecule has 0 radical (unpaired) electrons. The summed E-state index contributed by atoms with van der Waals surface area (Å²) in [6.07, 6.45) is 4.38. The minimum atomic E-state index is -0.284. The highest BCUT2D eigenvalue weighted by Gasteiger charge is 2.39. The van der Waals surface area contributed by atoms with Crippen LogP contribution in [-0.2, 0) is 10.3 Å². The second kappa shape index (κ2) is 3.95. The number of rotatable bonds is 2. The van der Waals surface area contributed by atoms with Crippen LogP contribution in [0, 0.1) is 0 Å². The Balaban J connectivity index is 2.25. The minimum absolute atomic E-state index is 0.203. The van der Waals surface area contributed by atoms with Crippen LogP contribution in [0.3, 0.4) is 0 Å². The van der Waals surface area contributed by atoms with Gasteiger partial charge in [-0.25, -0.2) is 0 Å². The first kappa shape index (κ1) is 10.1. The van der Waals surface area contributed by atoms with Crippen LogP contribution in [0.2, 0.25) is 0 Å². The molecule has 3 heteroatoms. The number of halogens is 1. The topological polar surface area (TPSA) is 22.4 Å². The van der Waals surface area contributed by atoms with Crippen LogP contribution in [-0.4, -0.2) is 12.0 Å². The summed E-state index contributed by atoms with van der Waals surface area (Å²) in [5.41, 5.74) is -0.284. The summed E-state index contributed by atoms with van der Waals surface area (Å²) < 4.78 is 11.3. The first-order chi connectivity index (χ1) is 6.77. The predicted molar refractivity (Wildman–Crippen MR) is 55.5 cm³/mol. The van der Waals surface area contributed by atoms with Crippen molar-refractivity contribution in [3.8, 4) is 0 Å². The number of furan rings is 1. The molecule has 2 rings (SSSR count). The van der Waals surface area contributed by atoms with Gasteiger partial charge in [-0.1, -0.05) is 6.92 Å². The van der Waals surface area contributed by atoms with E-state index in [1.54, 1.807) is 6.26 Å². The summed E-state index contributed by atoms with van der Waals surface area (Å²) in [4.78, 5) is 0. The molecule has 0 saturated carbocycles. The van der Waals surface area contributed by atoms with Gasteiger partial charge in [0.2, 0.25) is 0 Å². The molecule has 0 amide bonds.